The first kappa shape index (κ1) is 24.4. The Labute approximate surface area is 191 Å². The normalized spacial score (nSPS) is 13.9. The van der Waals surface area contributed by atoms with Crippen molar-refractivity contribution < 1.29 is 32.8 Å². The molecule has 0 saturated carbocycles. The minimum Gasteiger partial charge on any atom is -0.484 e. The molecule has 2 aromatic carbocycles. The van der Waals surface area contributed by atoms with Gasteiger partial charge in [0.25, 0.3) is 15.9 Å². The van der Waals surface area contributed by atoms with Gasteiger partial charge >= 0.3 is 7.12 Å². The number of rotatable bonds is 8. The minimum absolute atomic E-state index is 0.0121. The van der Waals surface area contributed by atoms with Crippen LogP contribution in [0.3, 0.4) is 0 Å². The molecule has 0 aromatic heterocycles. The number of hydrogen-bond donors (Lipinski definition) is 4. The van der Waals surface area contributed by atoms with E-state index < -0.39 is 29.7 Å². The molecule has 0 saturated heterocycles. The van der Waals surface area contributed by atoms with E-state index in [9.17, 15) is 28.1 Å². The zero-order valence-electron chi connectivity index (χ0n) is 17.7. The molecule has 174 valence electrons. The number of ether oxygens (including phenoxy) is 1. The Morgan fingerprint density at radius 3 is 2.73 bits per heavy atom. The predicted octanol–water partition coefficient (Wildman–Crippen LogP) is 0.447. The molecule has 10 nitrogen and oxygen atoms in total. The Hall–Kier alpha value is -3.22. The summed E-state index contributed by atoms with van der Waals surface area (Å²) in [4.78, 5) is 27.6. The standard InChI is InChI=1S/C21H24BN3O7S/c26-13-15-11-17(8-9-19(15)22(28)29)32-14-21(27)24-16-5-4-6-18(12-16)33(30,31)25-20-7-2-1-3-10-23-20/h4-6,8-9,11-13,28-29H,1-3,7,10,14H2,(H,23,25)(H,24,27). The molecule has 0 fully saturated rings. The average molecular weight is 473 g/mol. The summed E-state index contributed by atoms with van der Waals surface area (Å²) in [6, 6.07) is 9.79. The van der Waals surface area contributed by atoms with Crippen LogP contribution in [0.25, 0.3) is 0 Å². The number of sulfonamides is 1. The Kier molecular flexibility index (Phi) is 8.20. The van der Waals surface area contributed by atoms with E-state index in [4.69, 9.17) is 4.74 Å². The average Bonchev–Trinajstić information content (AvgIpc) is 3.05. The van der Waals surface area contributed by atoms with E-state index >= 15 is 0 Å². The van der Waals surface area contributed by atoms with Crippen LogP contribution in [0.5, 0.6) is 5.75 Å². The lowest BCUT2D eigenvalue weighted by molar-refractivity contribution is -0.118. The van der Waals surface area contributed by atoms with E-state index in [0.29, 0.717) is 25.1 Å². The summed E-state index contributed by atoms with van der Waals surface area (Å²) < 4.78 is 33.3. The molecule has 33 heavy (non-hydrogen) atoms. The Bertz CT molecular complexity index is 1150. The number of amidine groups is 1. The fourth-order valence-corrected chi connectivity index (χ4v) is 4.37. The van der Waals surface area contributed by atoms with Gasteiger partial charge in [-0.1, -0.05) is 18.6 Å². The number of aliphatic imine (C=N–C) groups is 1. The van der Waals surface area contributed by atoms with Gasteiger partial charge in [0.05, 0.1) is 4.90 Å². The zero-order chi connectivity index (χ0) is 23.8. The second-order valence-corrected chi connectivity index (χ2v) is 9.07. The highest BCUT2D eigenvalue weighted by Gasteiger charge is 2.19. The summed E-state index contributed by atoms with van der Waals surface area (Å²) in [6.07, 6.45) is 3.82. The maximum Gasteiger partial charge on any atom is 0.489 e. The minimum atomic E-state index is -3.85. The van der Waals surface area contributed by atoms with Gasteiger partial charge in [-0.2, -0.15) is 0 Å². The monoisotopic (exact) mass is 473 g/mol. The molecule has 0 atom stereocenters. The van der Waals surface area contributed by atoms with Gasteiger partial charge in [-0.15, -0.1) is 0 Å². The number of aldehydes is 1. The molecule has 0 spiro atoms. The largest absolute Gasteiger partial charge is 0.489 e. The van der Waals surface area contributed by atoms with E-state index in [1.165, 1.54) is 36.4 Å². The number of carbonyl (C=O) groups is 2. The van der Waals surface area contributed by atoms with Gasteiger partial charge in [-0.25, -0.2) is 8.42 Å². The van der Waals surface area contributed by atoms with E-state index in [0.717, 1.165) is 19.3 Å². The number of anilines is 1. The number of amides is 1. The molecule has 1 amide bonds. The summed E-state index contributed by atoms with van der Waals surface area (Å²) in [6.45, 7) is 0.178. The maximum absolute atomic E-state index is 12.7. The quantitative estimate of drug-likeness (QED) is 0.321. The summed E-state index contributed by atoms with van der Waals surface area (Å²) >= 11 is 0. The van der Waals surface area contributed by atoms with Crippen molar-refractivity contribution in [2.75, 3.05) is 18.5 Å². The molecular weight excluding hydrogens is 449 g/mol. The summed E-state index contributed by atoms with van der Waals surface area (Å²) in [7, 11) is -5.66. The number of carbonyl (C=O) groups excluding carboxylic acids is 2. The summed E-state index contributed by atoms with van der Waals surface area (Å²) in [5.41, 5.74) is 0.302. The molecule has 1 heterocycles. The summed E-state index contributed by atoms with van der Waals surface area (Å²) in [5, 5.41) is 21.0. The van der Waals surface area contributed by atoms with E-state index in [1.54, 1.807) is 6.07 Å². The van der Waals surface area contributed by atoms with Crippen LogP contribution in [0.15, 0.2) is 52.4 Å². The Morgan fingerprint density at radius 2 is 1.97 bits per heavy atom. The first-order valence-electron chi connectivity index (χ1n) is 10.3. The molecule has 4 N–H and O–H groups in total. The van der Waals surface area contributed by atoms with Gasteiger partial charge in [0.2, 0.25) is 0 Å². The fraction of sp³-hybridized carbons (Fsp3) is 0.286. The fourth-order valence-electron chi connectivity index (χ4n) is 3.24. The van der Waals surface area contributed by atoms with Crippen molar-refractivity contribution >= 4 is 46.3 Å². The lowest BCUT2D eigenvalue weighted by atomic mass is 9.77. The van der Waals surface area contributed by atoms with Crippen LogP contribution in [0.2, 0.25) is 0 Å². The second-order valence-electron chi connectivity index (χ2n) is 7.39. The lowest BCUT2D eigenvalue weighted by Crippen LogP contribution is -2.33. The predicted molar refractivity (Wildman–Crippen MR) is 123 cm³/mol. The molecule has 1 aliphatic heterocycles. The first-order valence-corrected chi connectivity index (χ1v) is 11.8. The van der Waals surface area contributed by atoms with Crippen LogP contribution in [0.1, 0.15) is 36.0 Å². The van der Waals surface area contributed by atoms with Crippen molar-refractivity contribution in [1.82, 2.24) is 4.72 Å². The molecule has 3 rings (SSSR count). The first-order chi connectivity index (χ1) is 15.8. The Morgan fingerprint density at radius 1 is 1.15 bits per heavy atom. The van der Waals surface area contributed by atoms with E-state index in [2.05, 4.69) is 15.0 Å². The molecular formula is C21H24BN3O7S. The van der Waals surface area contributed by atoms with Gasteiger partial charge in [0, 0.05) is 24.2 Å². The van der Waals surface area contributed by atoms with Gasteiger partial charge in [-0.3, -0.25) is 19.3 Å². The van der Waals surface area contributed by atoms with E-state index in [-0.39, 0.29) is 27.4 Å². The van der Waals surface area contributed by atoms with Gasteiger partial charge in [-0.05, 0) is 48.6 Å². The molecule has 0 radical (unpaired) electrons. The smallest absolute Gasteiger partial charge is 0.484 e. The van der Waals surface area contributed by atoms with Crippen LogP contribution in [0.4, 0.5) is 5.69 Å². The molecule has 0 aliphatic carbocycles. The van der Waals surface area contributed by atoms with Crippen LogP contribution in [-0.4, -0.2) is 56.8 Å². The SMILES string of the molecule is O=Cc1cc(OCC(=O)Nc2cccc(S(=O)(=O)NC3=NCCCCC3)c2)ccc1B(O)O. The number of nitrogens with zero attached hydrogens (tertiary/aromatic N) is 1. The molecule has 0 bridgehead atoms. The lowest BCUT2D eigenvalue weighted by Gasteiger charge is -2.12. The molecule has 12 heteroatoms. The highest BCUT2D eigenvalue weighted by atomic mass is 32.2. The maximum atomic E-state index is 12.7. The van der Waals surface area contributed by atoms with Crippen LogP contribution < -0.4 is 20.2 Å². The van der Waals surface area contributed by atoms with Crippen LogP contribution in [0, 0.1) is 0 Å². The molecule has 0 unspecified atom stereocenters. The van der Waals surface area contributed by atoms with Gasteiger partial charge in [0.15, 0.2) is 6.61 Å². The van der Waals surface area contributed by atoms with Crippen LogP contribution in [-0.2, 0) is 14.8 Å². The van der Waals surface area contributed by atoms with Crippen molar-refractivity contribution in [3.8, 4) is 5.75 Å². The number of benzene rings is 2. The number of nitrogens with one attached hydrogen (secondary N) is 2. The Balaban J connectivity index is 1.62. The van der Waals surface area contributed by atoms with Gasteiger partial charge in [0.1, 0.15) is 17.9 Å². The third-order valence-corrected chi connectivity index (χ3v) is 6.27. The highest BCUT2D eigenvalue weighted by molar-refractivity contribution is 7.90. The third-order valence-electron chi connectivity index (χ3n) is 4.89. The van der Waals surface area contributed by atoms with Crippen molar-refractivity contribution in [1.29, 1.82) is 0 Å². The second kappa shape index (κ2) is 11.1. The highest BCUT2D eigenvalue weighted by Crippen LogP contribution is 2.17. The zero-order valence-corrected chi connectivity index (χ0v) is 18.5. The number of hydrogen-bond acceptors (Lipinski definition) is 8. The third kappa shape index (κ3) is 6.88. The van der Waals surface area contributed by atoms with E-state index in [1.807, 2.05) is 0 Å². The molecule has 2 aromatic rings. The van der Waals surface area contributed by atoms with Crippen LogP contribution >= 0.6 is 0 Å². The summed E-state index contributed by atoms with van der Waals surface area (Å²) in [5.74, 6) is 0.0655. The topological polar surface area (TPSA) is 154 Å². The van der Waals surface area contributed by atoms with Crippen molar-refractivity contribution in [3.63, 3.8) is 0 Å². The molecule has 1 aliphatic rings. The van der Waals surface area contributed by atoms with Crippen molar-refractivity contribution in [2.24, 2.45) is 4.99 Å². The van der Waals surface area contributed by atoms with Gasteiger partial charge < -0.3 is 20.1 Å². The van der Waals surface area contributed by atoms with Crippen molar-refractivity contribution in [3.05, 3.63) is 48.0 Å². The van der Waals surface area contributed by atoms with Crippen molar-refractivity contribution in [2.45, 2.75) is 30.6 Å².